The Bertz CT molecular complexity index is 457. The summed E-state index contributed by atoms with van der Waals surface area (Å²) in [6.07, 6.45) is 2.54. The molecule has 1 unspecified atom stereocenters. The molecule has 0 radical (unpaired) electrons. The van der Waals surface area contributed by atoms with Gasteiger partial charge in [0.25, 0.3) is 0 Å². The van der Waals surface area contributed by atoms with Crippen LogP contribution in [0.3, 0.4) is 0 Å². The minimum absolute atomic E-state index is 0.267. The molecule has 19 heavy (non-hydrogen) atoms. The summed E-state index contributed by atoms with van der Waals surface area (Å²) in [7, 11) is 1.50. The third kappa shape index (κ3) is 2.60. The number of nitrogens with zero attached hydrogens (tertiary/aromatic N) is 1. The molecule has 0 saturated carbocycles. The van der Waals surface area contributed by atoms with Gasteiger partial charge in [-0.1, -0.05) is 6.07 Å². The molecule has 1 atom stereocenters. The Kier molecular flexibility index (Phi) is 3.46. The predicted octanol–water partition coefficient (Wildman–Crippen LogP) is 2.02. The summed E-state index contributed by atoms with van der Waals surface area (Å²) < 4.78 is 18.6. The lowest BCUT2D eigenvalue weighted by Crippen LogP contribution is -2.28. The Hall–Kier alpha value is -1.13. The maximum atomic E-state index is 13.7. The van der Waals surface area contributed by atoms with E-state index in [2.05, 4.69) is 10.2 Å². The zero-order valence-corrected chi connectivity index (χ0v) is 11.4. The number of benzene rings is 1. The lowest BCUT2D eigenvalue weighted by molar-refractivity contribution is 0.268. The van der Waals surface area contributed by atoms with Crippen LogP contribution in [0.1, 0.15) is 18.4 Å². The Balaban J connectivity index is 1.64. The molecule has 2 heterocycles. The minimum Gasteiger partial charge on any atom is -0.494 e. The topological polar surface area (TPSA) is 24.5 Å². The highest BCUT2D eigenvalue weighted by atomic mass is 19.1. The molecule has 2 aliphatic heterocycles. The van der Waals surface area contributed by atoms with Gasteiger partial charge in [-0.05, 0) is 49.0 Å². The lowest BCUT2D eigenvalue weighted by Gasteiger charge is -2.22. The van der Waals surface area contributed by atoms with Crippen molar-refractivity contribution in [3.63, 3.8) is 0 Å². The van der Waals surface area contributed by atoms with Gasteiger partial charge in [-0.2, -0.15) is 0 Å². The summed E-state index contributed by atoms with van der Waals surface area (Å²) >= 11 is 0. The molecule has 1 aromatic carbocycles. The van der Waals surface area contributed by atoms with E-state index in [-0.39, 0.29) is 5.82 Å². The fourth-order valence-corrected chi connectivity index (χ4v) is 3.37. The largest absolute Gasteiger partial charge is 0.494 e. The van der Waals surface area contributed by atoms with Gasteiger partial charge in [-0.25, -0.2) is 4.39 Å². The molecular formula is C15H21FN2O. The molecule has 2 aliphatic rings. The second-order valence-corrected chi connectivity index (χ2v) is 5.86. The quantitative estimate of drug-likeness (QED) is 0.904. The van der Waals surface area contributed by atoms with Gasteiger partial charge in [0.15, 0.2) is 11.6 Å². The van der Waals surface area contributed by atoms with Crippen LogP contribution < -0.4 is 10.1 Å². The Morgan fingerprint density at radius 1 is 1.42 bits per heavy atom. The maximum Gasteiger partial charge on any atom is 0.165 e. The number of hydrogen-bond donors (Lipinski definition) is 1. The predicted molar refractivity (Wildman–Crippen MR) is 72.8 cm³/mol. The van der Waals surface area contributed by atoms with Gasteiger partial charge in [0.05, 0.1) is 7.11 Å². The summed E-state index contributed by atoms with van der Waals surface area (Å²) in [4.78, 5) is 2.44. The number of halogens is 1. The van der Waals surface area contributed by atoms with E-state index < -0.39 is 0 Å². The van der Waals surface area contributed by atoms with Crippen LogP contribution in [0, 0.1) is 11.2 Å². The first kappa shape index (κ1) is 12.9. The summed E-state index contributed by atoms with van der Waals surface area (Å²) in [5.74, 6) is 0.0538. The van der Waals surface area contributed by atoms with Crippen molar-refractivity contribution < 1.29 is 9.13 Å². The highest BCUT2D eigenvalue weighted by molar-refractivity contribution is 5.29. The molecule has 1 spiro atoms. The molecule has 3 nitrogen and oxygen atoms in total. The Morgan fingerprint density at radius 3 is 3.00 bits per heavy atom. The Morgan fingerprint density at radius 2 is 2.32 bits per heavy atom. The molecule has 0 aromatic heterocycles. The molecule has 0 aliphatic carbocycles. The van der Waals surface area contributed by atoms with Crippen LogP contribution in [0.4, 0.5) is 4.39 Å². The summed E-state index contributed by atoms with van der Waals surface area (Å²) in [6, 6.07) is 5.27. The van der Waals surface area contributed by atoms with Gasteiger partial charge in [-0.15, -0.1) is 0 Å². The van der Waals surface area contributed by atoms with Crippen molar-refractivity contribution in [2.24, 2.45) is 5.41 Å². The molecule has 1 aromatic rings. The molecule has 4 heteroatoms. The normalized spacial score (nSPS) is 27.3. The van der Waals surface area contributed by atoms with E-state index in [1.54, 1.807) is 12.1 Å². The average molecular weight is 264 g/mol. The summed E-state index contributed by atoms with van der Waals surface area (Å²) in [5, 5.41) is 3.46. The first-order chi connectivity index (χ1) is 9.21. The van der Waals surface area contributed by atoms with Gasteiger partial charge in [-0.3, -0.25) is 4.90 Å². The standard InChI is InChI=1S/C15H21FN2O/c1-19-14-3-2-12(8-13(14)16)9-18-7-5-15(11-18)4-6-17-10-15/h2-3,8,17H,4-7,9-11H2,1H3. The molecule has 104 valence electrons. The van der Waals surface area contributed by atoms with Crippen molar-refractivity contribution in [3.8, 4) is 5.75 Å². The molecule has 0 amide bonds. The van der Waals surface area contributed by atoms with Gasteiger partial charge in [0, 0.05) is 19.6 Å². The highest BCUT2D eigenvalue weighted by Gasteiger charge is 2.39. The van der Waals surface area contributed by atoms with Crippen molar-refractivity contribution in [1.29, 1.82) is 0 Å². The van der Waals surface area contributed by atoms with Crippen LogP contribution in [0.5, 0.6) is 5.75 Å². The second-order valence-electron chi connectivity index (χ2n) is 5.86. The third-order valence-corrected chi connectivity index (χ3v) is 4.47. The number of rotatable bonds is 3. The second kappa shape index (κ2) is 5.10. The molecule has 1 N–H and O–H groups in total. The van der Waals surface area contributed by atoms with Crippen molar-refractivity contribution in [2.45, 2.75) is 19.4 Å². The van der Waals surface area contributed by atoms with E-state index in [9.17, 15) is 4.39 Å². The smallest absolute Gasteiger partial charge is 0.165 e. The number of likely N-dealkylation sites (tertiary alicyclic amines) is 1. The summed E-state index contributed by atoms with van der Waals surface area (Å²) in [6.45, 7) is 5.37. The fraction of sp³-hybridized carbons (Fsp3) is 0.600. The fourth-order valence-electron chi connectivity index (χ4n) is 3.37. The van der Waals surface area contributed by atoms with Gasteiger partial charge < -0.3 is 10.1 Å². The number of ether oxygens (including phenoxy) is 1. The zero-order chi connectivity index (χ0) is 13.3. The third-order valence-electron chi connectivity index (χ3n) is 4.47. The van der Waals surface area contributed by atoms with E-state index in [1.165, 1.54) is 20.0 Å². The summed E-state index contributed by atoms with van der Waals surface area (Å²) in [5.41, 5.74) is 1.51. The van der Waals surface area contributed by atoms with Crippen LogP contribution in [0.15, 0.2) is 18.2 Å². The highest BCUT2D eigenvalue weighted by Crippen LogP contribution is 2.36. The van der Waals surface area contributed by atoms with E-state index in [4.69, 9.17) is 4.74 Å². The minimum atomic E-state index is -0.267. The maximum absolute atomic E-state index is 13.7. The first-order valence-corrected chi connectivity index (χ1v) is 6.96. The number of methoxy groups -OCH3 is 1. The Labute approximate surface area is 113 Å². The number of nitrogens with one attached hydrogen (secondary N) is 1. The van der Waals surface area contributed by atoms with Gasteiger partial charge in [0.2, 0.25) is 0 Å². The molecular weight excluding hydrogens is 243 g/mol. The van der Waals surface area contributed by atoms with E-state index in [0.29, 0.717) is 11.2 Å². The van der Waals surface area contributed by atoms with E-state index in [0.717, 1.165) is 38.3 Å². The van der Waals surface area contributed by atoms with Crippen molar-refractivity contribution in [1.82, 2.24) is 10.2 Å². The van der Waals surface area contributed by atoms with Crippen LogP contribution in [0.25, 0.3) is 0 Å². The first-order valence-electron chi connectivity index (χ1n) is 6.96. The van der Waals surface area contributed by atoms with Gasteiger partial charge >= 0.3 is 0 Å². The lowest BCUT2D eigenvalue weighted by atomic mass is 9.86. The van der Waals surface area contributed by atoms with Crippen LogP contribution in [-0.2, 0) is 6.54 Å². The van der Waals surface area contributed by atoms with Crippen molar-refractivity contribution in [3.05, 3.63) is 29.6 Å². The van der Waals surface area contributed by atoms with Crippen molar-refractivity contribution >= 4 is 0 Å². The molecule has 0 bridgehead atoms. The monoisotopic (exact) mass is 264 g/mol. The van der Waals surface area contributed by atoms with Crippen LogP contribution in [0.2, 0.25) is 0 Å². The van der Waals surface area contributed by atoms with Crippen molar-refractivity contribution in [2.75, 3.05) is 33.3 Å². The average Bonchev–Trinajstić information content (AvgIpc) is 3.01. The molecule has 3 rings (SSSR count). The zero-order valence-electron chi connectivity index (χ0n) is 11.4. The van der Waals surface area contributed by atoms with Crippen LogP contribution in [-0.4, -0.2) is 38.2 Å². The van der Waals surface area contributed by atoms with E-state index in [1.807, 2.05) is 6.07 Å². The van der Waals surface area contributed by atoms with Crippen LogP contribution >= 0.6 is 0 Å². The van der Waals surface area contributed by atoms with E-state index >= 15 is 0 Å². The van der Waals surface area contributed by atoms with Gasteiger partial charge in [0.1, 0.15) is 0 Å². The molecule has 2 saturated heterocycles. The SMILES string of the molecule is COc1ccc(CN2CCC3(CCNC3)C2)cc1F. The molecule has 2 fully saturated rings. The number of hydrogen-bond acceptors (Lipinski definition) is 3.